The number of likely N-dealkylation sites (tertiary alicyclic amines) is 1. The van der Waals surface area contributed by atoms with E-state index in [1.54, 1.807) is 0 Å². The molecule has 1 unspecified atom stereocenters. The van der Waals surface area contributed by atoms with E-state index in [0.717, 1.165) is 74.1 Å². The van der Waals surface area contributed by atoms with Crippen molar-refractivity contribution in [1.82, 2.24) is 24.3 Å². The van der Waals surface area contributed by atoms with Crippen molar-refractivity contribution in [2.45, 2.75) is 31.5 Å². The Balaban J connectivity index is 1.45. The Kier molecular flexibility index (Phi) is 4.69. The van der Waals surface area contributed by atoms with Gasteiger partial charge in [0.05, 0.1) is 17.1 Å². The highest BCUT2D eigenvalue weighted by Crippen LogP contribution is 2.38. The Labute approximate surface area is 182 Å². The Morgan fingerprint density at radius 2 is 1.87 bits per heavy atom. The van der Waals surface area contributed by atoms with E-state index in [2.05, 4.69) is 56.6 Å². The number of imidazole rings is 1. The van der Waals surface area contributed by atoms with E-state index in [1.807, 2.05) is 6.07 Å². The lowest BCUT2D eigenvalue weighted by atomic mass is 10.0. The SMILES string of the molecule is CN1CCCN(c2ccc3c(n2)-n2c(nc4ccccc42)C(N2CC[C@H](F)C2)C3)CC1. The lowest BCUT2D eigenvalue weighted by Gasteiger charge is -2.33. The quantitative estimate of drug-likeness (QED) is 0.637. The van der Waals surface area contributed by atoms with E-state index < -0.39 is 6.17 Å². The van der Waals surface area contributed by atoms with Crippen molar-refractivity contribution in [2.24, 2.45) is 0 Å². The van der Waals surface area contributed by atoms with E-state index in [9.17, 15) is 4.39 Å². The van der Waals surface area contributed by atoms with Gasteiger partial charge in [-0.25, -0.2) is 14.4 Å². The van der Waals surface area contributed by atoms with Gasteiger partial charge in [0, 0.05) is 32.7 Å². The third-order valence-electron chi connectivity index (χ3n) is 7.10. The van der Waals surface area contributed by atoms with Crippen LogP contribution in [0, 0.1) is 0 Å². The van der Waals surface area contributed by atoms with Crippen LogP contribution in [0.3, 0.4) is 0 Å². The van der Waals surface area contributed by atoms with Crippen LogP contribution in [-0.4, -0.2) is 76.8 Å². The van der Waals surface area contributed by atoms with Crippen molar-refractivity contribution in [3.63, 3.8) is 0 Å². The summed E-state index contributed by atoms with van der Waals surface area (Å²) in [6, 6.07) is 12.8. The van der Waals surface area contributed by atoms with Crippen LogP contribution in [0.2, 0.25) is 0 Å². The average molecular weight is 421 g/mol. The van der Waals surface area contributed by atoms with Crippen molar-refractivity contribution < 1.29 is 4.39 Å². The van der Waals surface area contributed by atoms with Gasteiger partial charge in [-0.15, -0.1) is 0 Å². The van der Waals surface area contributed by atoms with E-state index in [-0.39, 0.29) is 6.04 Å². The van der Waals surface area contributed by atoms with Crippen LogP contribution in [0.25, 0.3) is 16.9 Å². The molecule has 2 atom stereocenters. The molecule has 2 aromatic heterocycles. The minimum Gasteiger partial charge on any atom is -0.355 e. The minimum absolute atomic E-state index is 0.0973. The highest BCUT2D eigenvalue weighted by atomic mass is 19.1. The molecule has 3 aromatic rings. The van der Waals surface area contributed by atoms with Gasteiger partial charge in [-0.05, 0) is 56.6 Å². The summed E-state index contributed by atoms with van der Waals surface area (Å²) in [5.74, 6) is 3.04. The molecule has 1 aromatic carbocycles. The van der Waals surface area contributed by atoms with E-state index >= 15 is 0 Å². The van der Waals surface area contributed by atoms with Crippen molar-refractivity contribution in [3.05, 3.63) is 47.8 Å². The average Bonchev–Trinajstić information content (AvgIpc) is 3.32. The molecule has 0 saturated carbocycles. The van der Waals surface area contributed by atoms with Gasteiger partial charge in [0.25, 0.3) is 0 Å². The third-order valence-corrected chi connectivity index (χ3v) is 7.10. The molecule has 3 aliphatic rings. The second-order valence-electron chi connectivity index (χ2n) is 9.19. The Morgan fingerprint density at radius 3 is 2.74 bits per heavy atom. The number of benzene rings is 1. The molecule has 31 heavy (non-hydrogen) atoms. The molecule has 0 spiro atoms. The van der Waals surface area contributed by atoms with Crippen LogP contribution in [0.1, 0.15) is 30.3 Å². The molecule has 0 aliphatic carbocycles. The van der Waals surface area contributed by atoms with Gasteiger partial charge < -0.3 is 9.80 Å². The van der Waals surface area contributed by atoms with E-state index in [4.69, 9.17) is 9.97 Å². The third kappa shape index (κ3) is 3.31. The van der Waals surface area contributed by atoms with Crippen LogP contribution in [0.5, 0.6) is 0 Å². The topological polar surface area (TPSA) is 40.4 Å². The predicted molar refractivity (Wildman–Crippen MR) is 121 cm³/mol. The molecule has 2 saturated heterocycles. The van der Waals surface area contributed by atoms with Crippen molar-refractivity contribution in [1.29, 1.82) is 0 Å². The zero-order chi connectivity index (χ0) is 20.9. The molecule has 162 valence electrons. The van der Waals surface area contributed by atoms with E-state index in [1.165, 1.54) is 5.56 Å². The summed E-state index contributed by atoms with van der Waals surface area (Å²) in [6.07, 6.45) is 1.86. The summed E-state index contributed by atoms with van der Waals surface area (Å²) in [6.45, 7) is 5.49. The summed E-state index contributed by atoms with van der Waals surface area (Å²) >= 11 is 0. The first-order valence-electron chi connectivity index (χ1n) is 11.5. The highest BCUT2D eigenvalue weighted by molar-refractivity contribution is 5.79. The molecule has 6 rings (SSSR count). The van der Waals surface area contributed by atoms with Gasteiger partial charge in [-0.1, -0.05) is 18.2 Å². The second kappa shape index (κ2) is 7.57. The predicted octanol–water partition coefficient (Wildman–Crippen LogP) is 3.20. The number of hydrogen-bond acceptors (Lipinski definition) is 5. The fraction of sp³-hybridized carbons (Fsp3) is 0.500. The molecular weight excluding hydrogens is 391 g/mol. The van der Waals surface area contributed by atoms with Crippen molar-refractivity contribution >= 4 is 16.9 Å². The van der Waals surface area contributed by atoms with Gasteiger partial charge in [0.2, 0.25) is 0 Å². The number of pyridine rings is 1. The monoisotopic (exact) mass is 420 g/mol. The first kappa shape index (κ1) is 19.2. The molecule has 0 bridgehead atoms. The Hall–Kier alpha value is -2.51. The number of halogens is 1. The molecule has 0 radical (unpaired) electrons. The number of para-hydroxylation sites is 2. The van der Waals surface area contributed by atoms with Crippen LogP contribution in [-0.2, 0) is 6.42 Å². The smallest absolute Gasteiger partial charge is 0.144 e. The maximum Gasteiger partial charge on any atom is 0.144 e. The lowest BCUT2D eigenvalue weighted by molar-refractivity contribution is 0.208. The molecule has 6 nitrogen and oxygen atoms in total. The zero-order valence-corrected chi connectivity index (χ0v) is 18.0. The molecular formula is C24H29FN6. The number of likely N-dealkylation sites (N-methyl/N-ethyl adjacent to an activating group) is 1. The largest absolute Gasteiger partial charge is 0.355 e. The van der Waals surface area contributed by atoms with Gasteiger partial charge in [0.15, 0.2) is 0 Å². The molecule has 3 aliphatic heterocycles. The summed E-state index contributed by atoms with van der Waals surface area (Å²) in [5, 5.41) is 0. The zero-order valence-electron chi connectivity index (χ0n) is 18.0. The first-order valence-corrected chi connectivity index (χ1v) is 11.5. The van der Waals surface area contributed by atoms with Gasteiger partial charge in [-0.2, -0.15) is 0 Å². The van der Waals surface area contributed by atoms with Crippen molar-refractivity contribution in [2.75, 3.05) is 51.2 Å². The number of nitrogens with zero attached hydrogens (tertiary/aromatic N) is 6. The maximum absolute atomic E-state index is 14.0. The highest BCUT2D eigenvalue weighted by Gasteiger charge is 2.36. The lowest BCUT2D eigenvalue weighted by Crippen LogP contribution is -2.34. The van der Waals surface area contributed by atoms with Crippen LogP contribution in [0.4, 0.5) is 10.2 Å². The second-order valence-corrected chi connectivity index (χ2v) is 9.19. The Morgan fingerprint density at radius 1 is 0.968 bits per heavy atom. The van der Waals surface area contributed by atoms with Crippen molar-refractivity contribution in [3.8, 4) is 5.82 Å². The van der Waals surface area contributed by atoms with Gasteiger partial charge in [0.1, 0.15) is 23.6 Å². The molecule has 0 N–H and O–H groups in total. The summed E-state index contributed by atoms with van der Waals surface area (Å²) in [4.78, 5) is 17.3. The molecule has 7 heteroatoms. The number of anilines is 1. The summed E-state index contributed by atoms with van der Waals surface area (Å²) < 4.78 is 16.3. The fourth-order valence-electron chi connectivity index (χ4n) is 5.38. The molecule has 0 amide bonds. The Bertz CT molecular complexity index is 1110. The van der Waals surface area contributed by atoms with E-state index in [0.29, 0.717) is 13.0 Å². The standard InChI is InChI=1S/C24H29FN6/c1-28-10-4-11-29(14-13-28)22-8-7-17-15-21(30-12-9-18(25)16-30)24-26-19-5-2-3-6-20(19)31(24)23(17)27-22/h2-3,5-8,18,21H,4,9-16H2,1H3/t18-,21?/m0/s1. The summed E-state index contributed by atoms with van der Waals surface area (Å²) in [7, 11) is 2.19. The van der Waals surface area contributed by atoms with Crippen LogP contribution < -0.4 is 4.90 Å². The number of hydrogen-bond donors (Lipinski definition) is 0. The number of alkyl halides is 1. The van der Waals surface area contributed by atoms with Crippen LogP contribution in [0.15, 0.2) is 36.4 Å². The first-order chi connectivity index (χ1) is 15.2. The summed E-state index contributed by atoms with van der Waals surface area (Å²) in [5.41, 5.74) is 3.29. The maximum atomic E-state index is 14.0. The van der Waals surface area contributed by atoms with Gasteiger partial charge in [-0.3, -0.25) is 9.47 Å². The molecule has 2 fully saturated rings. The minimum atomic E-state index is -0.735. The van der Waals surface area contributed by atoms with Gasteiger partial charge >= 0.3 is 0 Å². The normalized spacial score (nSPS) is 24.9. The number of rotatable bonds is 2. The molecule has 5 heterocycles. The van der Waals surface area contributed by atoms with Crippen LogP contribution >= 0.6 is 0 Å². The number of aromatic nitrogens is 3. The number of fused-ring (bicyclic) bond motifs is 5. The fourth-order valence-corrected chi connectivity index (χ4v) is 5.38.